The Morgan fingerprint density at radius 1 is 1.26 bits per heavy atom. The first-order valence-electron chi connectivity index (χ1n) is 8.59. The van der Waals surface area contributed by atoms with Crippen LogP contribution in [0.4, 0.5) is 0 Å². The van der Waals surface area contributed by atoms with Crippen LogP contribution in [-0.4, -0.2) is 68.3 Å². The highest BCUT2D eigenvalue weighted by atomic mass is 16.7. The zero-order valence-electron chi connectivity index (χ0n) is 14.5. The van der Waals surface area contributed by atoms with Gasteiger partial charge < -0.3 is 14.5 Å². The van der Waals surface area contributed by atoms with Crippen molar-refractivity contribution in [1.82, 2.24) is 30.0 Å². The lowest BCUT2D eigenvalue weighted by atomic mass is 10.2. The van der Waals surface area contributed by atoms with Gasteiger partial charge in [-0.05, 0) is 35.6 Å². The van der Waals surface area contributed by atoms with Crippen molar-refractivity contribution in [3.8, 4) is 0 Å². The molecule has 4 rings (SSSR count). The molecule has 0 aromatic carbocycles. The van der Waals surface area contributed by atoms with Crippen molar-refractivity contribution in [2.45, 2.75) is 6.10 Å². The van der Waals surface area contributed by atoms with Gasteiger partial charge in [0.15, 0.2) is 0 Å². The average molecular weight is 366 g/mol. The van der Waals surface area contributed by atoms with Crippen molar-refractivity contribution < 1.29 is 14.4 Å². The summed E-state index contributed by atoms with van der Waals surface area (Å²) in [7, 11) is 0. The van der Waals surface area contributed by atoms with Crippen LogP contribution in [0.25, 0.3) is 17.2 Å². The minimum Gasteiger partial charge on any atom is -0.391 e. The summed E-state index contributed by atoms with van der Waals surface area (Å²) < 4.78 is 5.69. The zero-order chi connectivity index (χ0) is 18.5. The van der Waals surface area contributed by atoms with Gasteiger partial charge in [0.1, 0.15) is 18.2 Å². The zero-order valence-corrected chi connectivity index (χ0v) is 14.5. The predicted molar refractivity (Wildman–Crippen MR) is 96.4 cm³/mol. The molecule has 9 heteroatoms. The van der Waals surface area contributed by atoms with E-state index in [1.54, 1.807) is 35.5 Å². The number of hydrogen-bond acceptors (Lipinski definition) is 7. The van der Waals surface area contributed by atoms with E-state index in [1.807, 2.05) is 18.2 Å². The van der Waals surface area contributed by atoms with E-state index in [1.165, 1.54) is 10.9 Å². The Bertz CT molecular complexity index is 942. The number of morpholine rings is 1. The Labute approximate surface area is 155 Å². The summed E-state index contributed by atoms with van der Waals surface area (Å²) in [6.07, 6.45) is 6.32. The minimum absolute atomic E-state index is 0.0816. The molecule has 1 aliphatic rings. The van der Waals surface area contributed by atoms with Crippen LogP contribution in [0.3, 0.4) is 0 Å². The van der Waals surface area contributed by atoms with Gasteiger partial charge in [0.2, 0.25) is 11.6 Å². The Kier molecular flexibility index (Phi) is 5.01. The molecule has 27 heavy (non-hydrogen) atoms. The van der Waals surface area contributed by atoms with Gasteiger partial charge in [-0.2, -0.15) is 0 Å². The number of carbonyl (C=O) groups excluding carboxylic acids is 1. The molecular formula is C18H18N6O3. The average Bonchev–Trinajstić information content (AvgIpc) is 3.15. The maximum Gasteiger partial charge on any atom is 0.246 e. The van der Waals surface area contributed by atoms with Crippen molar-refractivity contribution >= 4 is 23.1 Å². The fourth-order valence-corrected chi connectivity index (χ4v) is 2.74. The van der Waals surface area contributed by atoms with Crippen LogP contribution < -0.4 is 4.84 Å². The molecule has 3 aromatic rings. The van der Waals surface area contributed by atoms with Crippen LogP contribution in [-0.2, 0) is 9.53 Å². The Morgan fingerprint density at radius 2 is 2.19 bits per heavy atom. The van der Waals surface area contributed by atoms with E-state index >= 15 is 0 Å². The number of pyridine rings is 2. The third-order valence-corrected chi connectivity index (χ3v) is 4.10. The molecule has 9 nitrogen and oxygen atoms in total. The summed E-state index contributed by atoms with van der Waals surface area (Å²) in [6.45, 7) is 1.66. The lowest BCUT2D eigenvalue weighted by Gasteiger charge is -2.31. The third-order valence-electron chi connectivity index (χ3n) is 4.10. The lowest BCUT2D eigenvalue weighted by molar-refractivity contribution is -0.136. The summed E-state index contributed by atoms with van der Waals surface area (Å²) in [6, 6.07) is 9.14. The summed E-state index contributed by atoms with van der Waals surface area (Å²) >= 11 is 0. The number of amides is 1. The second kappa shape index (κ2) is 7.92. The maximum absolute atomic E-state index is 12.4. The van der Waals surface area contributed by atoms with E-state index in [9.17, 15) is 4.79 Å². The molecule has 3 aromatic heterocycles. The SMILES string of the molecule is O=C(/C=C/c1ccccn1)N1CCOC(COn2nnc3cccnc32)C1. The molecule has 0 N–H and O–H groups in total. The van der Waals surface area contributed by atoms with Crippen molar-refractivity contribution in [1.29, 1.82) is 0 Å². The molecular weight excluding hydrogens is 348 g/mol. The van der Waals surface area contributed by atoms with Gasteiger partial charge >= 0.3 is 0 Å². The van der Waals surface area contributed by atoms with Gasteiger partial charge in [-0.1, -0.05) is 10.9 Å². The molecule has 1 aliphatic heterocycles. The summed E-state index contributed by atoms with van der Waals surface area (Å²) in [5, 5.41) is 7.91. The molecule has 0 radical (unpaired) electrons. The number of hydrogen-bond donors (Lipinski definition) is 0. The molecule has 1 amide bonds. The van der Waals surface area contributed by atoms with Gasteiger partial charge in [0.05, 0.1) is 18.8 Å². The fraction of sp³-hybridized carbons (Fsp3) is 0.278. The first kappa shape index (κ1) is 17.1. The number of ether oxygens (including phenoxy) is 1. The second-order valence-corrected chi connectivity index (χ2v) is 5.97. The third kappa shape index (κ3) is 4.09. The molecule has 1 unspecified atom stereocenters. The topological polar surface area (TPSA) is 95.3 Å². The molecule has 0 saturated carbocycles. The molecule has 138 valence electrons. The summed E-state index contributed by atoms with van der Waals surface area (Å²) in [4.78, 5) is 29.4. The van der Waals surface area contributed by atoms with Crippen molar-refractivity contribution in [3.63, 3.8) is 0 Å². The largest absolute Gasteiger partial charge is 0.391 e. The second-order valence-electron chi connectivity index (χ2n) is 5.97. The van der Waals surface area contributed by atoms with Crippen molar-refractivity contribution in [2.75, 3.05) is 26.3 Å². The minimum atomic E-state index is -0.256. The van der Waals surface area contributed by atoms with E-state index in [2.05, 4.69) is 20.3 Å². The molecule has 0 bridgehead atoms. The highest BCUT2D eigenvalue weighted by Crippen LogP contribution is 2.09. The normalized spacial score (nSPS) is 17.5. The lowest BCUT2D eigenvalue weighted by Crippen LogP contribution is -2.47. The quantitative estimate of drug-likeness (QED) is 0.610. The number of aromatic nitrogens is 5. The van der Waals surface area contributed by atoms with E-state index in [4.69, 9.17) is 9.57 Å². The molecule has 1 saturated heterocycles. The van der Waals surface area contributed by atoms with Gasteiger partial charge in [0, 0.05) is 25.0 Å². The summed E-state index contributed by atoms with van der Waals surface area (Å²) in [5.74, 6) is -0.0816. The number of rotatable bonds is 5. The highest BCUT2D eigenvalue weighted by molar-refractivity contribution is 5.91. The number of carbonyl (C=O) groups is 1. The first-order chi connectivity index (χ1) is 13.3. The van der Waals surface area contributed by atoms with Crippen LogP contribution in [0.2, 0.25) is 0 Å². The van der Waals surface area contributed by atoms with Gasteiger partial charge in [-0.3, -0.25) is 9.78 Å². The van der Waals surface area contributed by atoms with Gasteiger partial charge in [-0.15, -0.1) is 5.10 Å². The standard InChI is InChI=1S/C18H18N6O3/c25-17(7-6-14-4-1-2-8-19-14)23-10-11-26-15(12-23)13-27-24-18-16(21-22-24)5-3-9-20-18/h1-9,15H,10-13H2/b7-6+. The van der Waals surface area contributed by atoms with Crippen LogP contribution >= 0.6 is 0 Å². The van der Waals surface area contributed by atoms with Crippen LogP contribution in [0.1, 0.15) is 5.69 Å². The highest BCUT2D eigenvalue weighted by Gasteiger charge is 2.24. The smallest absolute Gasteiger partial charge is 0.246 e. The first-order valence-corrected chi connectivity index (χ1v) is 8.59. The maximum atomic E-state index is 12.4. The Hall–Kier alpha value is -3.33. The van der Waals surface area contributed by atoms with Crippen LogP contribution in [0.15, 0.2) is 48.8 Å². The molecule has 4 heterocycles. The molecule has 0 spiro atoms. The van der Waals surface area contributed by atoms with E-state index in [-0.39, 0.29) is 18.6 Å². The Morgan fingerprint density at radius 3 is 3.07 bits per heavy atom. The summed E-state index contributed by atoms with van der Waals surface area (Å²) in [5.41, 5.74) is 1.93. The molecule has 1 fully saturated rings. The fourth-order valence-electron chi connectivity index (χ4n) is 2.74. The number of nitrogens with zero attached hydrogens (tertiary/aromatic N) is 6. The van der Waals surface area contributed by atoms with Gasteiger partial charge in [0.25, 0.3) is 0 Å². The Balaban J connectivity index is 1.34. The van der Waals surface area contributed by atoms with Crippen molar-refractivity contribution in [3.05, 3.63) is 54.5 Å². The van der Waals surface area contributed by atoms with Crippen LogP contribution in [0.5, 0.6) is 0 Å². The van der Waals surface area contributed by atoms with Crippen LogP contribution in [0, 0.1) is 0 Å². The molecule has 0 aliphatic carbocycles. The van der Waals surface area contributed by atoms with Crippen molar-refractivity contribution in [2.24, 2.45) is 0 Å². The van der Waals surface area contributed by atoms with E-state index in [0.717, 1.165) is 5.69 Å². The monoisotopic (exact) mass is 366 g/mol. The number of fused-ring (bicyclic) bond motifs is 1. The predicted octanol–water partition coefficient (Wildman–Crippen LogP) is 0.591. The molecule has 1 atom stereocenters. The van der Waals surface area contributed by atoms with E-state index in [0.29, 0.717) is 30.9 Å². The van der Waals surface area contributed by atoms with Gasteiger partial charge in [-0.25, -0.2) is 4.98 Å². The van der Waals surface area contributed by atoms with E-state index < -0.39 is 0 Å².